The van der Waals surface area contributed by atoms with Crippen LogP contribution in [0.5, 0.6) is 0 Å². The van der Waals surface area contributed by atoms with E-state index in [9.17, 15) is 0 Å². The number of imidazole rings is 1. The zero-order chi connectivity index (χ0) is 7.68. The first kappa shape index (κ1) is 6.85. The molecule has 1 aliphatic rings. The molecule has 11 heavy (non-hydrogen) atoms. The summed E-state index contributed by atoms with van der Waals surface area (Å²) in [5.41, 5.74) is 2.41. The number of rotatable bonds is 1. The summed E-state index contributed by atoms with van der Waals surface area (Å²) >= 11 is 0. The molecule has 0 aliphatic heterocycles. The van der Waals surface area contributed by atoms with Crippen molar-refractivity contribution in [3.8, 4) is 0 Å². The maximum Gasteiger partial charge on any atom is 0.0925 e. The largest absolute Gasteiger partial charge is 0.396 e. The number of nitrogens with one attached hydrogen (secondary N) is 1. The second kappa shape index (κ2) is 2.66. The van der Waals surface area contributed by atoms with Gasteiger partial charge in [-0.3, -0.25) is 0 Å². The first-order valence-electron chi connectivity index (χ1n) is 4.02. The quantitative estimate of drug-likeness (QED) is 0.616. The fraction of sp³-hybridized carbons (Fsp3) is 0.625. The third kappa shape index (κ3) is 1.16. The molecule has 1 aromatic rings. The standard InChI is InChI=1S/C8H12N2O/c11-4-6-1-2-7-8(3-6)10-5-9-7/h5-6,11H,1-4H2,(H,9,10). The lowest BCUT2D eigenvalue weighted by Gasteiger charge is -2.18. The van der Waals surface area contributed by atoms with Gasteiger partial charge >= 0.3 is 0 Å². The number of aromatic nitrogens is 2. The molecule has 3 heteroatoms. The van der Waals surface area contributed by atoms with Crippen molar-refractivity contribution in [3.63, 3.8) is 0 Å². The molecule has 0 aromatic carbocycles. The highest BCUT2D eigenvalue weighted by molar-refractivity contribution is 5.15. The molecule has 1 aliphatic carbocycles. The van der Waals surface area contributed by atoms with Crippen LogP contribution in [0.2, 0.25) is 0 Å². The molecule has 2 N–H and O–H groups in total. The number of aliphatic hydroxyl groups is 1. The molecular formula is C8H12N2O. The Morgan fingerprint density at radius 3 is 3.45 bits per heavy atom. The van der Waals surface area contributed by atoms with E-state index >= 15 is 0 Å². The van der Waals surface area contributed by atoms with Gasteiger partial charge in [0, 0.05) is 12.3 Å². The van der Waals surface area contributed by atoms with Crippen LogP contribution in [0.3, 0.4) is 0 Å². The van der Waals surface area contributed by atoms with E-state index in [1.54, 1.807) is 6.33 Å². The van der Waals surface area contributed by atoms with E-state index < -0.39 is 0 Å². The van der Waals surface area contributed by atoms with Crippen LogP contribution in [-0.4, -0.2) is 21.7 Å². The molecule has 1 heterocycles. The van der Waals surface area contributed by atoms with Crippen LogP contribution in [0.15, 0.2) is 6.33 Å². The van der Waals surface area contributed by atoms with Gasteiger partial charge in [0.2, 0.25) is 0 Å². The minimum Gasteiger partial charge on any atom is -0.396 e. The normalized spacial score (nSPS) is 23.2. The summed E-state index contributed by atoms with van der Waals surface area (Å²) in [4.78, 5) is 7.29. The molecule has 1 aromatic heterocycles. The van der Waals surface area contributed by atoms with Gasteiger partial charge in [-0.2, -0.15) is 0 Å². The highest BCUT2D eigenvalue weighted by Crippen LogP contribution is 2.21. The van der Waals surface area contributed by atoms with E-state index in [2.05, 4.69) is 9.97 Å². The van der Waals surface area contributed by atoms with Crippen molar-refractivity contribution in [2.45, 2.75) is 19.3 Å². The predicted octanol–water partition coefficient (Wildman–Crippen LogP) is 0.507. The van der Waals surface area contributed by atoms with Crippen LogP contribution in [-0.2, 0) is 12.8 Å². The van der Waals surface area contributed by atoms with E-state index in [0.29, 0.717) is 12.5 Å². The van der Waals surface area contributed by atoms with Gasteiger partial charge in [0.15, 0.2) is 0 Å². The Labute approximate surface area is 65.5 Å². The van der Waals surface area contributed by atoms with E-state index in [0.717, 1.165) is 19.3 Å². The molecule has 0 fully saturated rings. The SMILES string of the molecule is OCC1CCc2nc[nH]c2C1. The number of H-pyrrole nitrogens is 1. The highest BCUT2D eigenvalue weighted by Gasteiger charge is 2.19. The van der Waals surface area contributed by atoms with Gasteiger partial charge in [-0.1, -0.05) is 0 Å². The maximum absolute atomic E-state index is 8.92. The van der Waals surface area contributed by atoms with Crippen molar-refractivity contribution in [2.24, 2.45) is 5.92 Å². The molecule has 0 saturated heterocycles. The molecular weight excluding hydrogens is 140 g/mol. The van der Waals surface area contributed by atoms with Gasteiger partial charge in [-0.05, 0) is 25.2 Å². The Bertz CT molecular complexity index is 244. The molecule has 0 saturated carbocycles. The second-order valence-electron chi connectivity index (χ2n) is 3.12. The van der Waals surface area contributed by atoms with Crippen LogP contribution in [0, 0.1) is 5.92 Å². The lowest BCUT2D eigenvalue weighted by Crippen LogP contribution is -2.17. The summed E-state index contributed by atoms with van der Waals surface area (Å²) in [7, 11) is 0. The van der Waals surface area contributed by atoms with E-state index in [1.807, 2.05) is 0 Å². The van der Waals surface area contributed by atoms with Gasteiger partial charge in [-0.25, -0.2) is 4.98 Å². The van der Waals surface area contributed by atoms with Crippen LogP contribution in [0.1, 0.15) is 17.8 Å². The van der Waals surface area contributed by atoms with E-state index in [-0.39, 0.29) is 0 Å². The first-order chi connectivity index (χ1) is 5.40. The van der Waals surface area contributed by atoms with Crippen LogP contribution >= 0.6 is 0 Å². The summed E-state index contributed by atoms with van der Waals surface area (Å²) in [5, 5.41) is 8.92. The number of hydrogen-bond acceptors (Lipinski definition) is 2. The third-order valence-electron chi connectivity index (χ3n) is 2.35. The molecule has 2 rings (SSSR count). The van der Waals surface area contributed by atoms with Crippen LogP contribution in [0.25, 0.3) is 0 Å². The molecule has 0 bridgehead atoms. The van der Waals surface area contributed by atoms with Crippen LogP contribution < -0.4 is 0 Å². The fourth-order valence-corrected chi connectivity index (χ4v) is 1.63. The Kier molecular flexibility index (Phi) is 1.66. The molecule has 1 atom stereocenters. The minimum absolute atomic E-state index is 0.304. The topological polar surface area (TPSA) is 48.9 Å². The lowest BCUT2D eigenvalue weighted by molar-refractivity contribution is 0.212. The number of aryl methyl sites for hydroxylation is 1. The average Bonchev–Trinajstić information content (AvgIpc) is 2.50. The number of fused-ring (bicyclic) bond motifs is 1. The summed E-state index contributed by atoms with van der Waals surface area (Å²) in [6.45, 7) is 0.304. The number of aromatic amines is 1. The monoisotopic (exact) mass is 152 g/mol. The first-order valence-corrected chi connectivity index (χ1v) is 4.02. The van der Waals surface area contributed by atoms with Crippen LogP contribution in [0.4, 0.5) is 0 Å². The molecule has 0 radical (unpaired) electrons. The average molecular weight is 152 g/mol. The summed E-state index contributed by atoms with van der Waals surface area (Å²) < 4.78 is 0. The van der Waals surface area contributed by atoms with Crippen molar-refractivity contribution in [2.75, 3.05) is 6.61 Å². The van der Waals surface area contributed by atoms with Crippen molar-refractivity contribution >= 4 is 0 Å². The van der Waals surface area contributed by atoms with Gasteiger partial charge in [-0.15, -0.1) is 0 Å². The van der Waals surface area contributed by atoms with Crippen molar-refractivity contribution < 1.29 is 5.11 Å². The summed E-state index contributed by atoms with van der Waals surface area (Å²) in [5.74, 6) is 0.447. The molecule has 0 spiro atoms. The number of hydrogen-bond donors (Lipinski definition) is 2. The van der Waals surface area contributed by atoms with E-state index in [4.69, 9.17) is 5.11 Å². The minimum atomic E-state index is 0.304. The molecule has 0 amide bonds. The summed E-state index contributed by atoms with van der Waals surface area (Å²) in [6.07, 6.45) is 4.80. The summed E-state index contributed by atoms with van der Waals surface area (Å²) in [6, 6.07) is 0. The van der Waals surface area contributed by atoms with Gasteiger partial charge < -0.3 is 10.1 Å². The van der Waals surface area contributed by atoms with Gasteiger partial charge in [0.1, 0.15) is 0 Å². The Balaban J connectivity index is 2.18. The third-order valence-corrected chi connectivity index (χ3v) is 2.35. The zero-order valence-electron chi connectivity index (χ0n) is 6.38. The van der Waals surface area contributed by atoms with E-state index in [1.165, 1.54) is 11.4 Å². The Morgan fingerprint density at radius 1 is 1.73 bits per heavy atom. The van der Waals surface area contributed by atoms with Crippen molar-refractivity contribution in [3.05, 3.63) is 17.7 Å². The van der Waals surface area contributed by atoms with Crippen molar-refractivity contribution in [1.82, 2.24) is 9.97 Å². The van der Waals surface area contributed by atoms with Crippen molar-refractivity contribution in [1.29, 1.82) is 0 Å². The predicted molar refractivity (Wildman–Crippen MR) is 41.2 cm³/mol. The van der Waals surface area contributed by atoms with Gasteiger partial charge in [0.25, 0.3) is 0 Å². The lowest BCUT2D eigenvalue weighted by atomic mass is 9.91. The number of aliphatic hydroxyl groups excluding tert-OH is 1. The second-order valence-corrected chi connectivity index (χ2v) is 3.12. The maximum atomic E-state index is 8.92. The smallest absolute Gasteiger partial charge is 0.0925 e. The molecule has 3 nitrogen and oxygen atoms in total. The number of nitrogens with zero attached hydrogens (tertiary/aromatic N) is 1. The fourth-order valence-electron chi connectivity index (χ4n) is 1.63. The molecule has 1 unspecified atom stereocenters. The van der Waals surface area contributed by atoms with Gasteiger partial charge in [0.05, 0.1) is 12.0 Å². The molecule has 60 valence electrons. The highest BCUT2D eigenvalue weighted by atomic mass is 16.3. The Hall–Kier alpha value is -0.830. The Morgan fingerprint density at radius 2 is 2.64 bits per heavy atom. The zero-order valence-corrected chi connectivity index (χ0v) is 6.38.